The Kier molecular flexibility index (Phi) is 2.71. The highest BCUT2D eigenvalue weighted by atomic mass is 15.1. The number of anilines is 2. The Hall–Kier alpha value is -3.02. The molecule has 2 bridgehead atoms. The molecule has 0 amide bonds. The predicted molar refractivity (Wildman–Crippen MR) is 110 cm³/mol. The van der Waals surface area contributed by atoms with Crippen LogP contribution in [0.5, 0.6) is 0 Å². The molecule has 2 aromatic carbocycles. The van der Waals surface area contributed by atoms with Crippen molar-refractivity contribution in [3.63, 3.8) is 0 Å². The molecule has 140 valence electrons. The Morgan fingerprint density at radius 1 is 1.04 bits per heavy atom. The summed E-state index contributed by atoms with van der Waals surface area (Å²) in [6.07, 6.45) is 5.89. The van der Waals surface area contributed by atoms with E-state index >= 15 is 0 Å². The first kappa shape index (κ1) is 15.0. The molecule has 2 aliphatic carbocycles. The molecule has 7 rings (SSSR count). The van der Waals surface area contributed by atoms with Gasteiger partial charge in [0.25, 0.3) is 0 Å². The van der Waals surface area contributed by atoms with Crippen LogP contribution in [0.2, 0.25) is 0 Å². The van der Waals surface area contributed by atoms with Crippen molar-refractivity contribution < 1.29 is 0 Å². The Morgan fingerprint density at radius 3 is 2.89 bits per heavy atom. The second-order valence-electron chi connectivity index (χ2n) is 8.80. The quantitative estimate of drug-likeness (QED) is 0.401. The average molecular weight is 370 g/mol. The first-order valence-electron chi connectivity index (χ1n) is 10.2. The van der Waals surface area contributed by atoms with Crippen LogP contribution in [0.1, 0.15) is 42.3 Å². The largest absolute Gasteiger partial charge is 0.382 e. The molecule has 28 heavy (non-hydrogen) atoms. The minimum absolute atomic E-state index is 0.308. The molecule has 5 N–H and O–H groups in total. The van der Waals surface area contributed by atoms with Gasteiger partial charge in [0.05, 0.1) is 28.9 Å². The van der Waals surface area contributed by atoms with Gasteiger partial charge < -0.3 is 16.0 Å². The summed E-state index contributed by atoms with van der Waals surface area (Å²) in [5, 5.41) is 12.1. The number of hydrogen-bond donors (Lipinski definition) is 4. The summed E-state index contributed by atoms with van der Waals surface area (Å²) < 4.78 is 0. The summed E-state index contributed by atoms with van der Waals surface area (Å²) in [6, 6.07) is 11.3. The number of rotatable bonds is 1. The van der Waals surface area contributed by atoms with E-state index in [1.54, 1.807) is 0 Å². The number of hydrogen-bond acceptors (Lipinski definition) is 4. The average Bonchev–Trinajstić information content (AvgIpc) is 3.51. The third kappa shape index (κ3) is 1.78. The summed E-state index contributed by atoms with van der Waals surface area (Å²) in [5.74, 6) is 3.34. The second kappa shape index (κ2) is 5.07. The van der Waals surface area contributed by atoms with Crippen LogP contribution in [-0.4, -0.2) is 20.2 Å². The zero-order valence-corrected chi connectivity index (χ0v) is 15.4. The molecule has 6 nitrogen and oxygen atoms in total. The molecule has 3 aliphatic rings. The van der Waals surface area contributed by atoms with Crippen LogP contribution < -0.4 is 11.1 Å². The second-order valence-corrected chi connectivity index (χ2v) is 8.80. The van der Waals surface area contributed by atoms with Gasteiger partial charge in [-0.15, -0.1) is 0 Å². The number of aromatic amines is 2. The van der Waals surface area contributed by atoms with Crippen molar-refractivity contribution >= 4 is 33.4 Å². The lowest BCUT2D eigenvalue weighted by molar-refractivity contribution is 0.249. The standard InChI is InChI=1S/C22H22N6/c23-22-13-8-12(3-4-14(13)27-28-22)20-18-11-2-1-10(7-11)17(18)19-15(26-20)5-6-16-21(19)25-9-24-16/h3-6,8-11,17-18,20,26H,1-2,7H2,(H,24,25)(H3,23,27,28). The van der Waals surface area contributed by atoms with Crippen molar-refractivity contribution in [1.29, 1.82) is 0 Å². The van der Waals surface area contributed by atoms with E-state index in [9.17, 15) is 0 Å². The first-order chi connectivity index (χ1) is 13.8. The van der Waals surface area contributed by atoms with E-state index in [2.05, 4.69) is 50.8 Å². The lowest BCUT2D eigenvalue weighted by atomic mass is 9.67. The predicted octanol–water partition coefficient (Wildman–Crippen LogP) is 4.32. The van der Waals surface area contributed by atoms with Crippen LogP contribution in [0.4, 0.5) is 11.5 Å². The Bertz CT molecular complexity index is 1240. The van der Waals surface area contributed by atoms with Gasteiger partial charge in [-0.05, 0) is 72.8 Å². The summed E-state index contributed by atoms with van der Waals surface area (Å²) in [5.41, 5.74) is 13.4. The smallest absolute Gasteiger partial charge is 0.153 e. The van der Waals surface area contributed by atoms with Crippen molar-refractivity contribution in [3.8, 4) is 0 Å². The summed E-state index contributed by atoms with van der Waals surface area (Å²) >= 11 is 0. The van der Waals surface area contributed by atoms with Gasteiger partial charge >= 0.3 is 0 Å². The molecular formula is C22H22N6. The highest BCUT2D eigenvalue weighted by Gasteiger charge is 2.54. The lowest BCUT2D eigenvalue weighted by Crippen LogP contribution is -2.35. The fraction of sp³-hybridized carbons (Fsp3) is 0.364. The topological polar surface area (TPSA) is 95.4 Å². The SMILES string of the molecule is Nc1n[nH]c2ccc(C3Nc4ccc5[nH]cnc5c4C4C5CCC(C5)C34)cc12. The number of imidazole rings is 1. The van der Waals surface area contributed by atoms with Crippen molar-refractivity contribution in [2.45, 2.75) is 31.2 Å². The van der Waals surface area contributed by atoms with E-state index < -0.39 is 0 Å². The maximum Gasteiger partial charge on any atom is 0.153 e. The first-order valence-corrected chi connectivity index (χ1v) is 10.2. The Balaban J connectivity index is 1.44. The van der Waals surface area contributed by atoms with Gasteiger partial charge in [0.2, 0.25) is 0 Å². The van der Waals surface area contributed by atoms with Crippen molar-refractivity contribution in [3.05, 3.63) is 47.8 Å². The van der Waals surface area contributed by atoms with Crippen LogP contribution in [0.25, 0.3) is 21.9 Å². The van der Waals surface area contributed by atoms with Gasteiger partial charge in [0.1, 0.15) is 0 Å². The molecule has 0 saturated heterocycles. The molecule has 2 fully saturated rings. The molecule has 2 aromatic heterocycles. The molecular weight excluding hydrogens is 348 g/mol. The van der Waals surface area contributed by atoms with Crippen molar-refractivity contribution in [2.75, 3.05) is 11.1 Å². The zero-order chi connectivity index (χ0) is 18.4. The highest BCUT2D eigenvalue weighted by molar-refractivity contribution is 5.90. The molecule has 5 unspecified atom stereocenters. The summed E-state index contributed by atoms with van der Waals surface area (Å²) in [6.45, 7) is 0. The number of nitrogen functional groups attached to an aromatic ring is 1. The van der Waals surface area contributed by atoms with Crippen LogP contribution >= 0.6 is 0 Å². The number of nitrogens with zero attached hydrogens (tertiary/aromatic N) is 2. The Morgan fingerprint density at radius 2 is 1.93 bits per heavy atom. The van der Waals surface area contributed by atoms with Crippen LogP contribution in [-0.2, 0) is 0 Å². The van der Waals surface area contributed by atoms with Gasteiger partial charge in [-0.3, -0.25) is 5.10 Å². The summed E-state index contributed by atoms with van der Waals surface area (Å²) in [7, 11) is 0. The van der Waals surface area contributed by atoms with E-state index in [1.807, 2.05) is 6.33 Å². The fourth-order valence-electron chi connectivity index (χ4n) is 6.55. The number of nitrogens with two attached hydrogens (primary N) is 1. The molecule has 0 spiro atoms. The third-order valence-corrected chi connectivity index (χ3v) is 7.62. The molecule has 4 aromatic rings. The van der Waals surface area contributed by atoms with E-state index in [4.69, 9.17) is 10.7 Å². The van der Waals surface area contributed by atoms with Crippen LogP contribution in [0.3, 0.4) is 0 Å². The molecule has 1 aliphatic heterocycles. The fourth-order valence-corrected chi connectivity index (χ4v) is 6.55. The molecule has 3 heterocycles. The van der Waals surface area contributed by atoms with Crippen molar-refractivity contribution in [1.82, 2.24) is 20.2 Å². The van der Waals surface area contributed by atoms with E-state index in [0.717, 1.165) is 33.8 Å². The van der Waals surface area contributed by atoms with Crippen LogP contribution in [0, 0.1) is 17.8 Å². The maximum absolute atomic E-state index is 6.09. The highest BCUT2D eigenvalue weighted by Crippen LogP contribution is 2.64. The number of aromatic nitrogens is 4. The van der Waals surface area contributed by atoms with Gasteiger partial charge in [0.15, 0.2) is 5.82 Å². The van der Waals surface area contributed by atoms with Gasteiger partial charge in [-0.1, -0.05) is 6.07 Å². The van der Waals surface area contributed by atoms with Gasteiger partial charge in [-0.25, -0.2) is 4.98 Å². The normalized spacial score (nSPS) is 30.5. The van der Waals surface area contributed by atoms with E-state index in [1.165, 1.54) is 36.1 Å². The van der Waals surface area contributed by atoms with Crippen molar-refractivity contribution in [2.24, 2.45) is 17.8 Å². The number of nitrogens with one attached hydrogen (secondary N) is 3. The molecule has 5 atom stereocenters. The lowest BCUT2D eigenvalue weighted by Gasteiger charge is -2.43. The third-order valence-electron chi connectivity index (χ3n) is 7.62. The van der Waals surface area contributed by atoms with Gasteiger partial charge in [-0.2, -0.15) is 5.10 Å². The monoisotopic (exact) mass is 370 g/mol. The molecule has 0 radical (unpaired) electrons. The van der Waals surface area contributed by atoms with E-state index in [0.29, 0.717) is 23.7 Å². The Labute approximate surface area is 161 Å². The number of fused-ring (bicyclic) bond motifs is 10. The van der Waals surface area contributed by atoms with Gasteiger partial charge in [0, 0.05) is 16.6 Å². The minimum atomic E-state index is 0.308. The minimum Gasteiger partial charge on any atom is -0.382 e. The van der Waals surface area contributed by atoms with E-state index in [-0.39, 0.29) is 0 Å². The van der Waals surface area contributed by atoms with Crippen LogP contribution in [0.15, 0.2) is 36.7 Å². The summed E-state index contributed by atoms with van der Waals surface area (Å²) in [4.78, 5) is 7.99. The number of benzene rings is 2. The molecule has 6 heteroatoms. The molecule has 2 saturated carbocycles. The zero-order valence-electron chi connectivity index (χ0n) is 15.4. The number of H-pyrrole nitrogens is 2. The maximum atomic E-state index is 6.09.